The number of carbonyl (C=O) groups is 1. The van der Waals surface area contributed by atoms with Gasteiger partial charge in [0.2, 0.25) is 5.95 Å². The molecule has 1 aliphatic heterocycles. The summed E-state index contributed by atoms with van der Waals surface area (Å²) in [5, 5.41) is 4.79. The Hall–Kier alpha value is -3.92. The summed E-state index contributed by atoms with van der Waals surface area (Å²) in [6, 6.07) is 18.9. The molecule has 8 nitrogen and oxygen atoms in total. The molecule has 1 aliphatic rings. The monoisotopic (exact) mass is 637 g/mol. The summed E-state index contributed by atoms with van der Waals surface area (Å²) < 4.78 is 15.4. The van der Waals surface area contributed by atoms with Crippen molar-refractivity contribution in [2.75, 3.05) is 36.4 Å². The Balaban J connectivity index is 1.29. The first-order valence-electron chi connectivity index (χ1n) is 13.8. The van der Waals surface area contributed by atoms with Gasteiger partial charge in [-0.3, -0.25) is 4.79 Å². The maximum atomic E-state index is 13.5. The SMILES string of the molecule is O=C(c1ccc(Cl)c(Cl)c1)N1CCCN(c2nc(NCc3ccc(F)cc3)c3ncn(Cc4ccccc4Cl)c3n2)CC1. The molecule has 3 heterocycles. The van der Waals surface area contributed by atoms with Crippen molar-refractivity contribution in [3.05, 3.63) is 111 Å². The number of fused-ring (bicyclic) bond motifs is 1. The summed E-state index contributed by atoms with van der Waals surface area (Å²) >= 11 is 18.7. The highest BCUT2D eigenvalue weighted by Crippen LogP contribution is 2.27. The van der Waals surface area contributed by atoms with E-state index in [-0.39, 0.29) is 11.7 Å². The highest BCUT2D eigenvalue weighted by molar-refractivity contribution is 6.42. The number of carbonyl (C=O) groups excluding carboxylic acids is 1. The van der Waals surface area contributed by atoms with E-state index in [1.165, 1.54) is 12.1 Å². The normalized spacial score (nSPS) is 13.8. The maximum absolute atomic E-state index is 13.5. The molecule has 0 spiro atoms. The number of benzene rings is 3. The van der Waals surface area contributed by atoms with E-state index >= 15 is 0 Å². The van der Waals surface area contributed by atoms with E-state index < -0.39 is 0 Å². The van der Waals surface area contributed by atoms with Gasteiger partial charge in [-0.2, -0.15) is 9.97 Å². The zero-order chi connectivity index (χ0) is 29.9. The minimum atomic E-state index is -0.290. The second-order valence-corrected chi connectivity index (χ2v) is 11.5. The number of nitrogens with one attached hydrogen (secondary N) is 1. The van der Waals surface area contributed by atoms with Gasteiger partial charge in [0.25, 0.3) is 5.91 Å². The number of anilines is 2. The lowest BCUT2D eigenvalue weighted by Gasteiger charge is -2.23. The van der Waals surface area contributed by atoms with E-state index in [1.807, 2.05) is 33.7 Å². The van der Waals surface area contributed by atoms with Crippen molar-refractivity contribution in [3.8, 4) is 0 Å². The molecule has 43 heavy (non-hydrogen) atoms. The summed E-state index contributed by atoms with van der Waals surface area (Å²) in [6.45, 7) is 3.17. The Morgan fingerprint density at radius 1 is 0.884 bits per heavy atom. The molecule has 0 radical (unpaired) electrons. The predicted octanol–water partition coefficient (Wildman–Crippen LogP) is 6.94. The quantitative estimate of drug-likeness (QED) is 0.208. The van der Waals surface area contributed by atoms with Crippen molar-refractivity contribution in [1.82, 2.24) is 24.4 Å². The van der Waals surface area contributed by atoms with Crippen molar-refractivity contribution in [1.29, 1.82) is 0 Å². The molecular weight excluding hydrogens is 612 g/mol. The molecule has 3 aromatic carbocycles. The Bertz CT molecular complexity index is 1780. The Labute approximate surface area is 263 Å². The average molecular weight is 639 g/mol. The third-order valence-electron chi connectivity index (χ3n) is 7.36. The lowest BCUT2D eigenvalue weighted by atomic mass is 10.2. The van der Waals surface area contributed by atoms with Gasteiger partial charge < -0.3 is 19.7 Å². The van der Waals surface area contributed by atoms with Gasteiger partial charge in [-0.25, -0.2) is 9.37 Å². The van der Waals surface area contributed by atoms with Crippen molar-refractivity contribution < 1.29 is 9.18 Å². The number of halogens is 4. The fraction of sp³-hybridized carbons (Fsp3) is 0.226. The lowest BCUT2D eigenvalue weighted by molar-refractivity contribution is 0.0767. The van der Waals surface area contributed by atoms with Crippen LogP contribution in [0.15, 0.2) is 73.1 Å². The van der Waals surface area contributed by atoms with E-state index in [0.717, 1.165) is 17.5 Å². The van der Waals surface area contributed by atoms with E-state index in [4.69, 9.17) is 44.8 Å². The van der Waals surface area contributed by atoms with Crippen LogP contribution in [0.1, 0.15) is 27.9 Å². The Morgan fingerprint density at radius 3 is 2.49 bits per heavy atom. The third-order valence-corrected chi connectivity index (χ3v) is 8.46. The molecule has 220 valence electrons. The Morgan fingerprint density at radius 2 is 1.70 bits per heavy atom. The molecule has 0 aliphatic carbocycles. The van der Waals surface area contributed by atoms with Crippen molar-refractivity contribution in [2.45, 2.75) is 19.5 Å². The van der Waals surface area contributed by atoms with Crippen LogP contribution in [0.25, 0.3) is 11.2 Å². The van der Waals surface area contributed by atoms with Crippen LogP contribution in [0.3, 0.4) is 0 Å². The average Bonchev–Trinajstić information content (AvgIpc) is 3.25. The predicted molar refractivity (Wildman–Crippen MR) is 169 cm³/mol. The Kier molecular flexibility index (Phi) is 8.65. The highest BCUT2D eigenvalue weighted by atomic mass is 35.5. The maximum Gasteiger partial charge on any atom is 0.253 e. The van der Waals surface area contributed by atoms with Crippen LogP contribution in [-0.2, 0) is 13.1 Å². The molecule has 2 aromatic heterocycles. The molecular formula is C31H27Cl3FN7O. The number of hydrogen-bond donors (Lipinski definition) is 1. The van der Waals surface area contributed by atoms with Crippen LogP contribution in [0.4, 0.5) is 16.2 Å². The summed E-state index contributed by atoms with van der Waals surface area (Å²) in [4.78, 5) is 31.6. The van der Waals surface area contributed by atoms with Crippen molar-refractivity contribution in [2.24, 2.45) is 0 Å². The third kappa shape index (κ3) is 6.54. The number of imidazole rings is 1. The summed E-state index contributed by atoms with van der Waals surface area (Å²) in [7, 11) is 0. The smallest absolute Gasteiger partial charge is 0.253 e. The topological polar surface area (TPSA) is 79.2 Å². The van der Waals surface area contributed by atoms with Gasteiger partial charge in [-0.1, -0.05) is 65.1 Å². The zero-order valence-corrected chi connectivity index (χ0v) is 25.2. The zero-order valence-electron chi connectivity index (χ0n) is 23.0. The summed E-state index contributed by atoms with van der Waals surface area (Å²) in [5.41, 5.74) is 3.60. The van der Waals surface area contributed by atoms with Gasteiger partial charge in [-0.05, 0) is 53.9 Å². The standard InChI is InChI=1S/C31H27Cl3FN7O/c32-24-5-2-1-4-22(24)18-42-19-37-27-28(36-17-20-6-9-23(35)10-7-20)38-31(39-29(27)42)41-13-3-12-40(14-15-41)30(43)21-8-11-25(33)26(34)16-21/h1-2,4-11,16,19H,3,12-15,17-18H2,(H,36,38,39). The number of rotatable bonds is 7. The van der Waals surface area contributed by atoms with Crippen LogP contribution in [0, 0.1) is 5.82 Å². The largest absolute Gasteiger partial charge is 0.364 e. The van der Waals surface area contributed by atoms with E-state index in [9.17, 15) is 9.18 Å². The van der Waals surface area contributed by atoms with Gasteiger partial charge in [0, 0.05) is 43.3 Å². The van der Waals surface area contributed by atoms with Crippen LogP contribution in [0.2, 0.25) is 15.1 Å². The van der Waals surface area contributed by atoms with Crippen molar-refractivity contribution in [3.63, 3.8) is 0 Å². The highest BCUT2D eigenvalue weighted by Gasteiger charge is 2.24. The van der Waals surface area contributed by atoms with E-state index in [1.54, 1.807) is 36.7 Å². The molecule has 0 saturated carbocycles. The van der Waals surface area contributed by atoms with Gasteiger partial charge in [0.15, 0.2) is 17.0 Å². The summed E-state index contributed by atoms with van der Waals surface area (Å²) in [6.07, 6.45) is 2.46. The molecule has 1 fully saturated rings. The molecule has 6 rings (SSSR count). The van der Waals surface area contributed by atoms with Gasteiger partial charge in [-0.15, -0.1) is 0 Å². The number of amides is 1. The van der Waals surface area contributed by atoms with Crippen LogP contribution >= 0.6 is 34.8 Å². The molecule has 12 heteroatoms. The molecule has 5 aromatic rings. The van der Waals surface area contributed by atoms with E-state index in [0.29, 0.717) is 82.8 Å². The van der Waals surface area contributed by atoms with Crippen molar-refractivity contribution >= 4 is 63.6 Å². The molecule has 0 bridgehead atoms. The fourth-order valence-corrected chi connectivity index (χ4v) is 5.54. The lowest BCUT2D eigenvalue weighted by Crippen LogP contribution is -2.35. The molecule has 0 unspecified atom stereocenters. The van der Waals surface area contributed by atoms with Crippen LogP contribution < -0.4 is 10.2 Å². The molecule has 1 N–H and O–H groups in total. The minimum Gasteiger partial charge on any atom is -0.364 e. The van der Waals surface area contributed by atoms with Gasteiger partial charge in [0.05, 0.1) is 22.9 Å². The number of hydrogen-bond acceptors (Lipinski definition) is 6. The first-order chi connectivity index (χ1) is 20.9. The second-order valence-electron chi connectivity index (χ2n) is 10.3. The van der Waals surface area contributed by atoms with E-state index in [2.05, 4.69) is 15.2 Å². The van der Waals surface area contributed by atoms with Gasteiger partial charge in [0.1, 0.15) is 5.82 Å². The molecule has 1 amide bonds. The second kappa shape index (κ2) is 12.8. The van der Waals surface area contributed by atoms with Gasteiger partial charge >= 0.3 is 0 Å². The first kappa shape index (κ1) is 29.2. The summed E-state index contributed by atoms with van der Waals surface area (Å²) in [5.74, 6) is 0.701. The van der Waals surface area contributed by atoms with Crippen LogP contribution in [-0.4, -0.2) is 56.5 Å². The molecule has 0 atom stereocenters. The molecule has 1 saturated heterocycles. The number of nitrogens with zero attached hydrogens (tertiary/aromatic N) is 6. The fourth-order valence-electron chi connectivity index (χ4n) is 5.04. The first-order valence-corrected chi connectivity index (χ1v) is 14.9. The minimum absolute atomic E-state index is 0.101. The van der Waals surface area contributed by atoms with Crippen LogP contribution in [0.5, 0.6) is 0 Å². The number of aromatic nitrogens is 4.